The molecule has 2 N–H and O–H groups in total. The highest BCUT2D eigenvalue weighted by Crippen LogP contribution is 2.12. The first kappa shape index (κ1) is 16.4. The highest BCUT2D eigenvalue weighted by atomic mass is 32.2. The van der Waals surface area contributed by atoms with Crippen molar-refractivity contribution < 1.29 is 13.2 Å². The summed E-state index contributed by atoms with van der Waals surface area (Å²) in [6.07, 6.45) is 1.74. The quantitative estimate of drug-likeness (QED) is 0.687. The maximum atomic E-state index is 12.2. The van der Waals surface area contributed by atoms with Crippen molar-refractivity contribution in [1.29, 1.82) is 0 Å². The second-order valence-electron chi connectivity index (χ2n) is 5.16. The highest BCUT2D eigenvalue weighted by Gasteiger charge is 2.29. The largest absolute Gasteiger partial charge is 0.340 e. The minimum Gasteiger partial charge on any atom is -0.340 e. The van der Waals surface area contributed by atoms with Gasteiger partial charge in [0.1, 0.15) is 0 Å². The van der Waals surface area contributed by atoms with Crippen LogP contribution in [-0.2, 0) is 14.8 Å². The molecule has 1 heterocycles. The van der Waals surface area contributed by atoms with Gasteiger partial charge >= 0.3 is 0 Å². The maximum Gasteiger partial charge on any atom is 0.239 e. The van der Waals surface area contributed by atoms with Gasteiger partial charge in [0.05, 0.1) is 11.8 Å². The number of amides is 1. The molecule has 1 aliphatic heterocycles. The predicted octanol–water partition coefficient (Wildman–Crippen LogP) is -0.0853. The van der Waals surface area contributed by atoms with Crippen LogP contribution >= 0.6 is 0 Å². The molecule has 1 saturated heterocycles. The van der Waals surface area contributed by atoms with E-state index < -0.39 is 10.0 Å². The lowest BCUT2D eigenvalue weighted by Gasteiger charge is -2.33. The summed E-state index contributed by atoms with van der Waals surface area (Å²) in [6.45, 7) is 7.05. The Balaban J connectivity index is 2.52. The van der Waals surface area contributed by atoms with Crippen LogP contribution in [0.4, 0.5) is 0 Å². The summed E-state index contributed by atoms with van der Waals surface area (Å²) < 4.78 is 25.6. The lowest BCUT2D eigenvalue weighted by Crippen LogP contribution is -2.53. The number of carbonyl (C=O) groups excluding carboxylic acids is 1. The molecule has 7 heteroatoms. The van der Waals surface area contributed by atoms with Crippen LogP contribution in [0.15, 0.2) is 0 Å². The molecule has 1 atom stereocenters. The van der Waals surface area contributed by atoms with E-state index >= 15 is 0 Å². The highest BCUT2D eigenvalue weighted by molar-refractivity contribution is 7.89. The van der Waals surface area contributed by atoms with Gasteiger partial charge in [-0.05, 0) is 12.8 Å². The number of piperidine rings is 1. The molecule has 6 nitrogen and oxygen atoms in total. The minimum atomic E-state index is -3.26. The summed E-state index contributed by atoms with van der Waals surface area (Å²) in [6, 6.07) is 0.0787. The number of nitrogens with zero attached hydrogens (tertiary/aromatic N) is 1. The zero-order valence-corrected chi connectivity index (χ0v) is 12.8. The summed E-state index contributed by atoms with van der Waals surface area (Å²) in [5.74, 6) is -0.00676. The van der Waals surface area contributed by atoms with Crippen molar-refractivity contribution in [3.05, 3.63) is 0 Å². The number of hydrogen-bond donors (Lipinski definition) is 2. The molecular weight excluding hydrogens is 266 g/mol. The monoisotopic (exact) mass is 291 g/mol. The average Bonchev–Trinajstić information content (AvgIpc) is 2.29. The fourth-order valence-corrected chi connectivity index (χ4v) is 3.29. The van der Waals surface area contributed by atoms with E-state index in [-0.39, 0.29) is 30.3 Å². The van der Waals surface area contributed by atoms with Crippen molar-refractivity contribution in [1.82, 2.24) is 14.9 Å². The smallest absolute Gasteiger partial charge is 0.239 e. The lowest BCUT2D eigenvalue weighted by atomic mass is 10.0. The fourth-order valence-electron chi connectivity index (χ4n) is 2.24. The summed E-state index contributed by atoms with van der Waals surface area (Å²) >= 11 is 0. The van der Waals surface area contributed by atoms with Crippen LogP contribution in [-0.4, -0.2) is 56.7 Å². The van der Waals surface area contributed by atoms with E-state index in [2.05, 4.69) is 10.0 Å². The number of hydrogen-bond acceptors (Lipinski definition) is 4. The van der Waals surface area contributed by atoms with Crippen molar-refractivity contribution in [2.75, 3.05) is 25.4 Å². The second-order valence-corrected chi connectivity index (χ2v) is 7.08. The Morgan fingerprint density at radius 2 is 2.11 bits per heavy atom. The minimum absolute atomic E-state index is 0.0200. The maximum absolute atomic E-state index is 12.2. The molecule has 0 saturated carbocycles. The van der Waals surface area contributed by atoms with Gasteiger partial charge in [-0.25, -0.2) is 13.1 Å². The Hall–Kier alpha value is -0.660. The van der Waals surface area contributed by atoms with Gasteiger partial charge in [0.25, 0.3) is 0 Å². The molecule has 1 aliphatic rings. The van der Waals surface area contributed by atoms with Gasteiger partial charge in [0.15, 0.2) is 0 Å². The Morgan fingerprint density at radius 3 is 2.68 bits per heavy atom. The van der Waals surface area contributed by atoms with E-state index in [0.717, 1.165) is 12.8 Å². The molecule has 0 aliphatic carbocycles. The molecule has 0 aromatic heterocycles. The summed E-state index contributed by atoms with van der Waals surface area (Å²) in [7, 11) is -3.26. The van der Waals surface area contributed by atoms with Crippen LogP contribution in [0, 0.1) is 0 Å². The summed E-state index contributed by atoms with van der Waals surface area (Å²) in [4.78, 5) is 13.8. The van der Waals surface area contributed by atoms with E-state index in [1.807, 2.05) is 13.8 Å². The fraction of sp³-hybridized carbons (Fsp3) is 0.917. The van der Waals surface area contributed by atoms with E-state index in [9.17, 15) is 13.2 Å². The first-order chi connectivity index (χ1) is 8.85. The van der Waals surface area contributed by atoms with E-state index in [0.29, 0.717) is 13.1 Å². The number of nitrogens with one attached hydrogen (secondary N) is 2. The first-order valence-corrected chi connectivity index (χ1v) is 8.53. The standard InChI is InChI=1S/C12H25N3O3S/c1-4-13-19(17,18)9-8-15-7-5-6-11(12(15)16)14-10(2)3/h10-11,13-14H,4-9H2,1-3H3. The molecule has 0 radical (unpaired) electrons. The van der Waals surface area contributed by atoms with E-state index in [1.54, 1.807) is 11.8 Å². The number of rotatable bonds is 7. The third-order valence-electron chi connectivity index (χ3n) is 3.06. The van der Waals surface area contributed by atoms with Crippen molar-refractivity contribution >= 4 is 15.9 Å². The second kappa shape index (κ2) is 7.21. The molecule has 0 aromatic carbocycles. The SMILES string of the molecule is CCNS(=O)(=O)CCN1CCCC(NC(C)C)C1=O. The normalized spacial score (nSPS) is 21.2. The molecule has 0 bridgehead atoms. The molecule has 0 spiro atoms. The molecule has 1 fully saturated rings. The van der Waals surface area contributed by atoms with Crippen LogP contribution in [0.1, 0.15) is 33.6 Å². The van der Waals surface area contributed by atoms with Crippen molar-refractivity contribution in [3.8, 4) is 0 Å². The molecular formula is C12H25N3O3S. The van der Waals surface area contributed by atoms with Crippen LogP contribution < -0.4 is 10.0 Å². The average molecular weight is 291 g/mol. The summed E-state index contributed by atoms with van der Waals surface area (Å²) in [5, 5.41) is 3.23. The predicted molar refractivity (Wildman–Crippen MR) is 75.3 cm³/mol. The van der Waals surface area contributed by atoms with Crippen LogP contribution in [0.2, 0.25) is 0 Å². The molecule has 1 amide bonds. The number of sulfonamides is 1. The molecule has 1 unspecified atom stereocenters. The Labute approximate surface area is 116 Å². The van der Waals surface area contributed by atoms with Gasteiger partial charge < -0.3 is 10.2 Å². The topological polar surface area (TPSA) is 78.5 Å². The Morgan fingerprint density at radius 1 is 1.42 bits per heavy atom. The molecule has 0 aromatic rings. The number of likely N-dealkylation sites (tertiary alicyclic amines) is 1. The van der Waals surface area contributed by atoms with Crippen LogP contribution in [0.5, 0.6) is 0 Å². The Kier molecular flexibility index (Phi) is 6.22. The van der Waals surface area contributed by atoms with E-state index in [1.165, 1.54) is 0 Å². The molecule has 19 heavy (non-hydrogen) atoms. The van der Waals surface area contributed by atoms with Crippen LogP contribution in [0.25, 0.3) is 0 Å². The lowest BCUT2D eigenvalue weighted by molar-refractivity contribution is -0.135. The summed E-state index contributed by atoms with van der Waals surface area (Å²) in [5.41, 5.74) is 0. The van der Waals surface area contributed by atoms with Gasteiger partial charge in [-0.1, -0.05) is 20.8 Å². The van der Waals surface area contributed by atoms with Crippen molar-refractivity contribution in [3.63, 3.8) is 0 Å². The van der Waals surface area contributed by atoms with Crippen molar-refractivity contribution in [2.24, 2.45) is 0 Å². The molecule has 1 rings (SSSR count). The number of carbonyl (C=O) groups is 1. The van der Waals surface area contributed by atoms with E-state index in [4.69, 9.17) is 0 Å². The zero-order valence-electron chi connectivity index (χ0n) is 12.0. The third-order valence-corrected chi connectivity index (χ3v) is 4.51. The Bertz CT molecular complexity index is 395. The van der Waals surface area contributed by atoms with Gasteiger partial charge in [-0.15, -0.1) is 0 Å². The van der Waals surface area contributed by atoms with Gasteiger partial charge in [-0.2, -0.15) is 0 Å². The third kappa shape index (κ3) is 5.46. The first-order valence-electron chi connectivity index (χ1n) is 6.88. The van der Waals surface area contributed by atoms with Gasteiger partial charge in [0.2, 0.25) is 15.9 Å². The van der Waals surface area contributed by atoms with Crippen molar-refractivity contribution in [2.45, 2.75) is 45.7 Å². The van der Waals surface area contributed by atoms with Crippen LogP contribution in [0.3, 0.4) is 0 Å². The van der Waals surface area contributed by atoms with Gasteiger partial charge in [-0.3, -0.25) is 4.79 Å². The molecule has 112 valence electrons. The van der Waals surface area contributed by atoms with Gasteiger partial charge in [0, 0.05) is 25.7 Å². The zero-order chi connectivity index (χ0) is 14.5.